The van der Waals surface area contributed by atoms with E-state index in [1.807, 2.05) is 37.5 Å². The Morgan fingerprint density at radius 3 is 2.80 bits per heavy atom. The fourth-order valence-corrected chi connectivity index (χ4v) is 4.27. The molecule has 2 N–H and O–H groups in total. The molecule has 0 spiro atoms. The summed E-state index contributed by atoms with van der Waals surface area (Å²) in [5.74, 6) is 0.951. The maximum Gasteiger partial charge on any atom is 0.150 e. The maximum atomic E-state index is 6.21. The predicted octanol–water partition coefficient (Wildman–Crippen LogP) is 4.26. The van der Waals surface area contributed by atoms with Gasteiger partial charge in [0.1, 0.15) is 0 Å². The van der Waals surface area contributed by atoms with E-state index in [4.69, 9.17) is 17.3 Å². The van der Waals surface area contributed by atoms with Crippen molar-refractivity contribution in [2.75, 3.05) is 0 Å². The van der Waals surface area contributed by atoms with Crippen molar-refractivity contribution in [3.05, 3.63) is 51.3 Å². The molecule has 104 valence electrons. The Morgan fingerprint density at radius 1 is 1.35 bits per heavy atom. The van der Waals surface area contributed by atoms with Gasteiger partial charge in [0.2, 0.25) is 0 Å². The lowest BCUT2D eigenvalue weighted by Gasteiger charge is -2.23. The standard InChI is InChI=1S/C14H14ClN3S2/c1-9(16)13(10-4-5-12(15)20-10)18-7-6-17-14(18)11-3-2-8-19-11/h2-9,13H,16H2,1H3. The Bertz CT molecular complexity index is 685. The number of halogens is 1. The zero-order valence-corrected chi connectivity index (χ0v) is 13.3. The van der Waals surface area contributed by atoms with Gasteiger partial charge in [-0.2, -0.15) is 0 Å². The number of nitrogens with zero attached hydrogens (tertiary/aromatic N) is 2. The number of nitrogens with two attached hydrogens (primary N) is 1. The van der Waals surface area contributed by atoms with E-state index >= 15 is 0 Å². The van der Waals surface area contributed by atoms with Crippen molar-refractivity contribution in [1.82, 2.24) is 9.55 Å². The third-order valence-corrected chi connectivity index (χ3v) is 5.26. The van der Waals surface area contributed by atoms with Crippen LogP contribution in [0.25, 0.3) is 10.7 Å². The number of aromatic nitrogens is 2. The van der Waals surface area contributed by atoms with Crippen LogP contribution in [0.5, 0.6) is 0 Å². The smallest absolute Gasteiger partial charge is 0.150 e. The second kappa shape index (κ2) is 5.69. The minimum atomic E-state index is -0.0300. The van der Waals surface area contributed by atoms with Gasteiger partial charge >= 0.3 is 0 Å². The Morgan fingerprint density at radius 2 is 2.20 bits per heavy atom. The highest BCUT2D eigenvalue weighted by Gasteiger charge is 2.23. The molecule has 0 saturated heterocycles. The quantitative estimate of drug-likeness (QED) is 0.779. The van der Waals surface area contributed by atoms with Crippen molar-refractivity contribution in [1.29, 1.82) is 0 Å². The molecule has 0 amide bonds. The average Bonchev–Trinajstić information content (AvgIpc) is 3.10. The van der Waals surface area contributed by atoms with E-state index < -0.39 is 0 Å². The van der Waals surface area contributed by atoms with E-state index in [1.165, 1.54) is 0 Å². The van der Waals surface area contributed by atoms with Crippen LogP contribution in [0.1, 0.15) is 17.8 Å². The van der Waals surface area contributed by atoms with Gasteiger partial charge in [-0.3, -0.25) is 0 Å². The number of hydrogen-bond acceptors (Lipinski definition) is 4. The summed E-state index contributed by atoms with van der Waals surface area (Å²) in [7, 11) is 0. The highest BCUT2D eigenvalue weighted by Crippen LogP contribution is 2.34. The molecule has 0 aliphatic rings. The Balaban J connectivity index is 2.07. The van der Waals surface area contributed by atoms with Gasteiger partial charge in [-0.25, -0.2) is 4.98 Å². The molecular formula is C14H14ClN3S2. The average molecular weight is 324 g/mol. The largest absolute Gasteiger partial charge is 0.326 e. The van der Waals surface area contributed by atoms with Crippen LogP contribution in [0.15, 0.2) is 42.0 Å². The van der Waals surface area contributed by atoms with Crippen LogP contribution in [0, 0.1) is 0 Å². The van der Waals surface area contributed by atoms with Crippen molar-refractivity contribution in [2.24, 2.45) is 5.73 Å². The monoisotopic (exact) mass is 323 g/mol. The van der Waals surface area contributed by atoms with Gasteiger partial charge in [-0.1, -0.05) is 17.7 Å². The van der Waals surface area contributed by atoms with Crippen LogP contribution >= 0.6 is 34.3 Å². The van der Waals surface area contributed by atoms with Crippen molar-refractivity contribution >= 4 is 34.3 Å². The Labute approximate surface area is 130 Å². The highest BCUT2D eigenvalue weighted by atomic mass is 35.5. The lowest BCUT2D eigenvalue weighted by atomic mass is 10.1. The van der Waals surface area contributed by atoms with E-state index in [0.717, 1.165) is 19.9 Å². The summed E-state index contributed by atoms with van der Waals surface area (Å²) in [5.41, 5.74) is 6.21. The lowest BCUT2D eigenvalue weighted by molar-refractivity contribution is 0.508. The molecule has 0 aliphatic heterocycles. The van der Waals surface area contributed by atoms with Gasteiger partial charge in [0, 0.05) is 23.3 Å². The van der Waals surface area contributed by atoms with Gasteiger partial charge in [-0.15, -0.1) is 22.7 Å². The molecule has 0 radical (unpaired) electrons. The van der Waals surface area contributed by atoms with E-state index in [-0.39, 0.29) is 12.1 Å². The molecule has 6 heteroatoms. The van der Waals surface area contributed by atoms with Gasteiger partial charge in [0.15, 0.2) is 5.82 Å². The van der Waals surface area contributed by atoms with Gasteiger partial charge in [-0.05, 0) is 30.5 Å². The first kappa shape index (κ1) is 13.8. The van der Waals surface area contributed by atoms with Crippen molar-refractivity contribution in [3.63, 3.8) is 0 Å². The predicted molar refractivity (Wildman–Crippen MR) is 86.7 cm³/mol. The second-order valence-electron chi connectivity index (χ2n) is 4.58. The van der Waals surface area contributed by atoms with Gasteiger partial charge in [0.25, 0.3) is 0 Å². The van der Waals surface area contributed by atoms with E-state index in [9.17, 15) is 0 Å². The molecule has 2 atom stereocenters. The lowest BCUT2D eigenvalue weighted by Crippen LogP contribution is -2.29. The summed E-state index contributed by atoms with van der Waals surface area (Å²) in [6.07, 6.45) is 3.80. The molecule has 0 saturated carbocycles. The fraction of sp³-hybridized carbons (Fsp3) is 0.214. The molecule has 20 heavy (non-hydrogen) atoms. The first-order chi connectivity index (χ1) is 9.66. The summed E-state index contributed by atoms with van der Waals surface area (Å²) < 4.78 is 2.92. The van der Waals surface area contributed by atoms with E-state index in [1.54, 1.807) is 22.7 Å². The summed E-state index contributed by atoms with van der Waals surface area (Å²) in [6.45, 7) is 2.01. The third-order valence-electron chi connectivity index (χ3n) is 3.09. The highest BCUT2D eigenvalue weighted by molar-refractivity contribution is 7.16. The molecule has 3 aromatic rings. The van der Waals surface area contributed by atoms with E-state index in [2.05, 4.69) is 21.0 Å². The Kier molecular flexibility index (Phi) is 3.94. The summed E-state index contributed by atoms with van der Waals surface area (Å²) >= 11 is 9.31. The molecule has 0 aromatic carbocycles. The van der Waals surface area contributed by atoms with E-state index in [0.29, 0.717) is 0 Å². The third kappa shape index (κ3) is 2.54. The summed E-state index contributed by atoms with van der Waals surface area (Å²) in [6, 6.07) is 8.08. The van der Waals surface area contributed by atoms with Crippen molar-refractivity contribution in [2.45, 2.75) is 19.0 Å². The molecule has 3 rings (SSSR count). The first-order valence-corrected chi connectivity index (χ1v) is 8.32. The molecular weight excluding hydrogens is 310 g/mol. The van der Waals surface area contributed by atoms with Crippen LogP contribution in [-0.2, 0) is 0 Å². The van der Waals surface area contributed by atoms with Gasteiger partial charge in [0.05, 0.1) is 15.3 Å². The van der Waals surface area contributed by atoms with Crippen LogP contribution in [0.3, 0.4) is 0 Å². The van der Waals surface area contributed by atoms with Crippen LogP contribution in [0.2, 0.25) is 4.34 Å². The zero-order chi connectivity index (χ0) is 14.1. The van der Waals surface area contributed by atoms with Crippen molar-refractivity contribution < 1.29 is 0 Å². The maximum absolute atomic E-state index is 6.21. The minimum absolute atomic E-state index is 0.0300. The summed E-state index contributed by atoms with van der Waals surface area (Å²) in [5, 5.41) is 2.05. The number of thiophene rings is 2. The number of hydrogen-bond donors (Lipinski definition) is 1. The first-order valence-electron chi connectivity index (χ1n) is 6.24. The molecule has 3 heterocycles. The minimum Gasteiger partial charge on any atom is -0.326 e. The topological polar surface area (TPSA) is 43.8 Å². The fourth-order valence-electron chi connectivity index (χ4n) is 2.27. The van der Waals surface area contributed by atoms with Crippen LogP contribution < -0.4 is 5.73 Å². The number of imidazole rings is 1. The second-order valence-corrected chi connectivity index (χ2v) is 7.28. The molecule has 3 aromatic heterocycles. The van der Waals surface area contributed by atoms with Crippen molar-refractivity contribution in [3.8, 4) is 10.7 Å². The van der Waals surface area contributed by atoms with Gasteiger partial charge < -0.3 is 10.3 Å². The number of rotatable bonds is 4. The molecule has 0 aliphatic carbocycles. The Hall–Kier alpha value is -1.14. The molecule has 3 nitrogen and oxygen atoms in total. The summed E-state index contributed by atoms with van der Waals surface area (Å²) in [4.78, 5) is 6.78. The van der Waals surface area contributed by atoms with Crippen LogP contribution in [-0.4, -0.2) is 15.6 Å². The normalized spacial score (nSPS) is 14.3. The molecule has 0 bridgehead atoms. The SMILES string of the molecule is CC(N)C(c1ccc(Cl)s1)n1ccnc1-c1cccs1. The molecule has 0 fully saturated rings. The zero-order valence-electron chi connectivity index (χ0n) is 10.9. The molecule has 2 unspecified atom stereocenters. The van der Waals surface area contributed by atoms with Crippen LogP contribution in [0.4, 0.5) is 0 Å².